The molecule has 0 spiro atoms. The molecule has 0 radical (unpaired) electrons. The van der Waals surface area contributed by atoms with E-state index in [0.29, 0.717) is 37.8 Å². The second kappa shape index (κ2) is 6.00. The summed E-state index contributed by atoms with van der Waals surface area (Å²) < 4.78 is 5.24. The molecule has 1 amide bonds. The number of H-pyrrole nitrogens is 1. The topological polar surface area (TPSA) is 86.2 Å². The first-order valence-electron chi connectivity index (χ1n) is 6.91. The van der Waals surface area contributed by atoms with Crippen molar-refractivity contribution < 1.29 is 9.53 Å². The summed E-state index contributed by atoms with van der Waals surface area (Å²) >= 11 is 0. The average Bonchev–Trinajstić information content (AvgIpc) is 3.16. The minimum atomic E-state index is -0.0961. The van der Waals surface area contributed by atoms with Crippen LogP contribution in [0.2, 0.25) is 0 Å². The molecule has 0 unspecified atom stereocenters. The fourth-order valence-corrected chi connectivity index (χ4v) is 2.34. The molecule has 1 aromatic rings. The Labute approximate surface area is 116 Å². The van der Waals surface area contributed by atoms with Gasteiger partial charge in [-0.25, -0.2) is 4.98 Å². The van der Waals surface area contributed by atoms with Gasteiger partial charge in [-0.1, -0.05) is 5.22 Å². The minimum absolute atomic E-state index is 0.0961. The smallest absolute Gasteiger partial charge is 0.274 e. The number of nitrogens with zero attached hydrogens (tertiary/aromatic N) is 5. The number of aromatic amines is 1. The molecular weight excluding hydrogens is 260 g/mol. The molecule has 2 fully saturated rings. The van der Waals surface area contributed by atoms with Crippen LogP contribution in [0.25, 0.3) is 0 Å². The van der Waals surface area contributed by atoms with Gasteiger partial charge in [-0.3, -0.25) is 9.80 Å². The standard InChI is InChI=1S/C12H18N6O2/c19-12(17-5-7-20-8-6-17)10-11(14-9-13-10)15-16-18-3-1-2-4-18/h9H,1-8H2,(H,13,14)/b16-15+. The maximum atomic E-state index is 12.4. The maximum Gasteiger partial charge on any atom is 0.274 e. The predicted molar refractivity (Wildman–Crippen MR) is 70.6 cm³/mol. The van der Waals surface area contributed by atoms with Crippen LogP contribution < -0.4 is 0 Å². The molecule has 8 nitrogen and oxygen atoms in total. The third kappa shape index (κ3) is 2.79. The van der Waals surface area contributed by atoms with Gasteiger partial charge < -0.3 is 14.6 Å². The first kappa shape index (κ1) is 13.0. The normalized spacial score (nSPS) is 20.0. The summed E-state index contributed by atoms with van der Waals surface area (Å²) in [4.78, 5) is 21.0. The van der Waals surface area contributed by atoms with E-state index in [1.165, 1.54) is 6.33 Å². The third-order valence-corrected chi connectivity index (χ3v) is 3.48. The molecular formula is C12H18N6O2. The van der Waals surface area contributed by atoms with Gasteiger partial charge in [-0.15, -0.1) is 5.11 Å². The maximum absolute atomic E-state index is 12.4. The number of carbonyl (C=O) groups excluding carboxylic acids is 1. The van der Waals surface area contributed by atoms with Crippen molar-refractivity contribution in [3.05, 3.63) is 12.0 Å². The van der Waals surface area contributed by atoms with Gasteiger partial charge in [0, 0.05) is 26.2 Å². The second-order valence-corrected chi connectivity index (χ2v) is 4.86. The molecule has 1 N–H and O–H groups in total. The molecule has 3 rings (SSSR count). The molecule has 0 aromatic carbocycles. The van der Waals surface area contributed by atoms with Crippen LogP contribution in [0.5, 0.6) is 0 Å². The number of hydrogen-bond donors (Lipinski definition) is 1. The number of ether oxygens (including phenoxy) is 1. The highest BCUT2D eigenvalue weighted by atomic mass is 16.5. The van der Waals surface area contributed by atoms with Gasteiger partial charge in [0.2, 0.25) is 5.82 Å². The van der Waals surface area contributed by atoms with Crippen molar-refractivity contribution in [3.8, 4) is 0 Å². The zero-order valence-corrected chi connectivity index (χ0v) is 11.3. The summed E-state index contributed by atoms with van der Waals surface area (Å²) in [5.41, 5.74) is 0.398. The molecule has 3 heterocycles. The summed E-state index contributed by atoms with van der Waals surface area (Å²) in [6.07, 6.45) is 3.75. The van der Waals surface area contributed by atoms with Crippen LogP contribution in [0.15, 0.2) is 16.7 Å². The molecule has 8 heteroatoms. The molecule has 1 aromatic heterocycles. The van der Waals surface area contributed by atoms with E-state index in [4.69, 9.17) is 4.74 Å². The van der Waals surface area contributed by atoms with E-state index >= 15 is 0 Å². The van der Waals surface area contributed by atoms with Crippen molar-refractivity contribution in [2.45, 2.75) is 12.8 Å². The lowest BCUT2D eigenvalue weighted by molar-refractivity contribution is 0.0300. The van der Waals surface area contributed by atoms with Crippen molar-refractivity contribution in [2.24, 2.45) is 10.3 Å². The van der Waals surface area contributed by atoms with Crippen LogP contribution in [-0.2, 0) is 4.74 Å². The van der Waals surface area contributed by atoms with Crippen molar-refractivity contribution in [1.82, 2.24) is 19.9 Å². The van der Waals surface area contributed by atoms with Crippen molar-refractivity contribution in [2.75, 3.05) is 39.4 Å². The van der Waals surface area contributed by atoms with Crippen LogP contribution >= 0.6 is 0 Å². The molecule has 20 heavy (non-hydrogen) atoms. The Kier molecular flexibility index (Phi) is 3.91. The number of aromatic nitrogens is 2. The van der Waals surface area contributed by atoms with Crippen LogP contribution in [-0.4, -0.2) is 65.2 Å². The Morgan fingerprint density at radius 1 is 1.25 bits per heavy atom. The van der Waals surface area contributed by atoms with E-state index in [1.807, 2.05) is 5.01 Å². The fourth-order valence-electron chi connectivity index (χ4n) is 2.34. The second-order valence-electron chi connectivity index (χ2n) is 4.86. The molecule has 0 bridgehead atoms. The van der Waals surface area contributed by atoms with Gasteiger partial charge in [-0.2, -0.15) is 0 Å². The Balaban J connectivity index is 1.70. The monoisotopic (exact) mass is 278 g/mol. The van der Waals surface area contributed by atoms with Gasteiger partial charge in [-0.05, 0) is 12.8 Å². The van der Waals surface area contributed by atoms with E-state index in [9.17, 15) is 4.79 Å². The zero-order valence-electron chi connectivity index (χ0n) is 11.3. The highest BCUT2D eigenvalue weighted by Crippen LogP contribution is 2.18. The SMILES string of the molecule is O=C(c1[nH]cnc1/N=N/N1CCCC1)N1CCOCC1. The Morgan fingerprint density at radius 2 is 2.00 bits per heavy atom. The van der Waals surface area contributed by atoms with Gasteiger partial charge >= 0.3 is 0 Å². The largest absolute Gasteiger partial charge is 0.378 e. The van der Waals surface area contributed by atoms with Gasteiger partial charge in [0.1, 0.15) is 0 Å². The number of morpholine rings is 1. The van der Waals surface area contributed by atoms with Crippen molar-refractivity contribution >= 4 is 11.7 Å². The zero-order chi connectivity index (χ0) is 13.8. The number of amides is 1. The lowest BCUT2D eigenvalue weighted by atomic mass is 10.3. The molecule has 2 aliphatic heterocycles. The molecule has 0 saturated carbocycles. The molecule has 0 atom stereocenters. The molecule has 2 aliphatic rings. The van der Waals surface area contributed by atoms with Crippen LogP contribution in [0.1, 0.15) is 23.3 Å². The van der Waals surface area contributed by atoms with Crippen LogP contribution in [0.3, 0.4) is 0 Å². The van der Waals surface area contributed by atoms with Crippen molar-refractivity contribution in [3.63, 3.8) is 0 Å². The number of carbonyl (C=O) groups is 1. The van der Waals surface area contributed by atoms with E-state index < -0.39 is 0 Å². The van der Waals surface area contributed by atoms with E-state index in [1.54, 1.807) is 4.90 Å². The quantitative estimate of drug-likeness (QED) is 0.835. The van der Waals surface area contributed by atoms with E-state index in [0.717, 1.165) is 25.9 Å². The highest BCUT2D eigenvalue weighted by Gasteiger charge is 2.23. The minimum Gasteiger partial charge on any atom is -0.378 e. The van der Waals surface area contributed by atoms with Crippen molar-refractivity contribution in [1.29, 1.82) is 0 Å². The number of imidazole rings is 1. The summed E-state index contributed by atoms with van der Waals surface area (Å²) in [6, 6.07) is 0. The first-order chi connectivity index (χ1) is 9.84. The first-order valence-corrected chi connectivity index (χ1v) is 6.91. The summed E-state index contributed by atoms with van der Waals surface area (Å²) in [6.45, 7) is 4.18. The molecule has 2 saturated heterocycles. The number of hydrogen-bond acceptors (Lipinski definition) is 5. The van der Waals surface area contributed by atoms with Crippen LogP contribution in [0, 0.1) is 0 Å². The Morgan fingerprint density at radius 3 is 2.75 bits per heavy atom. The van der Waals surface area contributed by atoms with E-state index in [-0.39, 0.29) is 5.91 Å². The molecule has 0 aliphatic carbocycles. The predicted octanol–water partition coefficient (Wildman–Crippen LogP) is 0.977. The van der Waals surface area contributed by atoms with Gasteiger partial charge in [0.25, 0.3) is 5.91 Å². The lowest BCUT2D eigenvalue weighted by Crippen LogP contribution is -2.40. The van der Waals surface area contributed by atoms with Gasteiger partial charge in [0.15, 0.2) is 5.69 Å². The van der Waals surface area contributed by atoms with Gasteiger partial charge in [0.05, 0.1) is 19.5 Å². The average molecular weight is 278 g/mol. The third-order valence-electron chi connectivity index (χ3n) is 3.48. The lowest BCUT2D eigenvalue weighted by Gasteiger charge is -2.26. The highest BCUT2D eigenvalue weighted by molar-refractivity contribution is 5.96. The summed E-state index contributed by atoms with van der Waals surface area (Å²) in [5.74, 6) is 0.259. The molecule has 108 valence electrons. The number of rotatable bonds is 3. The Hall–Kier alpha value is -1.96. The fraction of sp³-hybridized carbons (Fsp3) is 0.667. The van der Waals surface area contributed by atoms with E-state index in [2.05, 4.69) is 20.3 Å². The summed E-state index contributed by atoms with van der Waals surface area (Å²) in [5, 5.41) is 10.1. The van der Waals surface area contributed by atoms with Crippen LogP contribution in [0.4, 0.5) is 5.82 Å². The Bertz CT molecular complexity index is 488. The summed E-state index contributed by atoms with van der Waals surface area (Å²) in [7, 11) is 0. The number of nitrogens with one attached hydrogen (secondary N) is 1.